The molecule has 0 aromatic carbocycles. The molecule has 0 unspecified atom stereocenters. The molecular weight excluding hydrogens is 208 g/mol. The van der Waals surface area contributed by atoms with Gasteiger partial charge in [-0.05, 0) is 32.4 Å². The predicted octanol–water partition coefficient (Wildman–Crippen LogP) is 2.05. The SMILES string of the molecule is CC(C)(CC1(c2ccco2)COC1)C(=O)O. The van der Waals surface area contributed by atoms with E-state index in [1.807, 2.05) is 12.1 Å². The Kier molecular flexibility index (Phi) is 2.54. The lowest BCUT2D eigenvalue weighted by Gasteiger charge is -2.43. The maximum atomic E-state index is 11.1. The Morgan fingerprint density at radius 1 is 1.56 bits per heavy atom. The first-order chi connectivity index (χ1) is 7.46. The summed E-state index contributed by atoms with van der Waals surface area (Å²) in [7, 11) is 0. The van der Waals surface area contributed by atoms with E-state index in [0.29, 0.717) is 19.6 Å². The highest BCUT2D eigenvalue weighted by molar-refractivity contribution is 5.73. The first kappa shape index (κ1) is 11.2. The summed E-state index contributed by atoms with van der Waals surface area (Å²) in [6, 6.07) is 3.71. The van der Waals surface area contributed by atoms with Crippen LogP contribution in [0.4, 0.5) is 0 Å². The molecular formula is C12H16O4. The van der Waals surface area contributed by atoms with Gasteiger partial charge in [0.2, 0.25) is 0 Å². The number of hydrogen-bond donors (Lipinski definition) is 1. The van der Waals surface area contributed by atoms with Crippen molar-refractivity contribution in [3.63, 3.8) is 0 Å². The van der Waals surface area contributed by atoms with Crippen LogP contribution in [0.25, 0.3) is 0 Å². The average Bonchev–Trinajstić information content (AvgIpc) is 2.64. The molecule has 0 saturated carbocycles. The molecule has 0 atom stereocenters. The number of hydrogen-bond acceptors (Lipinski definition) is 3. The van der Waals surface area contributed by atoms with Crippen LogP contribution in [0.3, 0.4) is 0 Å². The summed E-state index contributed by atoms with van der Waals surface area (Å²) < 4.78 is 10.6. The van der Waals surface area contributed by atoms with Gasteiger partial charge in [-0.25, -0.2) is 0 Å². The number of rotatable bonds is 4. The Hall–Kier alpha value is -1.29. The first-order valence-corrected chi connectivity index (χ1v) is 5.31. The molecule has 0 bridgehead atoms. The third kappa shape index (κ3) is 1.73. The molecule has 0 spiro atoms. The Labute approximate surface area is 94.2 Å². The molecule has 4 heteroatoms. The van der Waals surface area contributed by atoms with Crippen molar-refractivity contribution in [2.45, 2.75) is 25.7 Å². The highest BCUT2D eigenvalue weighted by atomic mass is 16.5. The van der Waals surface area contributed by atoms with Gasteiger partial charge >= 0.3 is 5.97 Å². The minimum absolute atomic E-state index is 0.259. The Balaban J connectivity index is 2.21. The van der Waals surface area contributed by atoms with E-state index in [1.54, 1.807) is 20.1 Å². The van der Waals surface area contributed by atoms with Crippen LogP contribution < -0.4 is 0 Å². The van der Waals surface area contributed by atoms with Crippen molar-refractivity contribution < 1.29 is 19.1 Å². The van der Waals surface area contributed by atoms with E-state index in [2.05, 4.69) is 0 Å². The molecule has 1 aliphatic rings. The van der Waals surface area contributed by atoms with E-state index >= 15 is 0 Å². The van der Waals surface area contributed by atoms with Crippen LogP contribution >= 0.6 is 0 Å². The lowest BCUT2D eigenvalue weighted by atomic mass is 9.70. The van der Waals surface area contributed by atoms with Crippen molar-refractivity contribution in [2.75, 3.05) is 13.2 Å². The van der Waals surface area contributed by atoms with E-state index in [0.717, 1.165) is 5.76 Å². The van der Waals surface area contributed by atoms with Crippen molar-refractivity contribution in [2.24, 2.45) is 5.41 Å². The van der Waals surface area contributed by atoms with Gasteiger partial charge in [-0.2, -0.15) is 0 Å². The number of carboxylic acid groups (broad SMARTS) is 1. The maximum Gasteiger partial charge on any atom is 0.309 e. The normalized spacial score (nSPS) is 19.1. The summed E-state index contributed by atoms with van der Waals surface area (Å²) in [5.74, 6) is 0.0402. The van der Waals surface area contributed by atoms with Crippen LogP contribution in [0.2, 0.25) is 0 Å². The zero-order valence-corrected chi connectivity index (χ0v) is 9.53. The van der Waals surface area contributed by atoms with E-state index in [4.69, 9.17) is 14.3 Å². The van der Waals surface area contributed by atoms with E-state index in [-0.39, 0.29) is 5.41 Å². The summed E-state index contributed by atoms with van der Waals surface area (Å²) >= 11 is 0. The summed E-state index contributed by atoms with van der Waals surface area (Å²) in [6.45, 7) is 4.55. The lowest BCUT2D eigenvalue weighted by molar-refractivity contribution is -0.153. The van der Waals surface area contributed by atoms with Crippen LogP contribution in [0.1, 0.15) is 26.0 Å². The largest absolute Gasteiger partial charge is 0.481 e. The Morgan fingerprint density at radius 3 is 2.62 bits per heavy atom. The number of carbonyl (C=O) groups is 1. The molecule has 1 aromatic heterocycles. The molecule has 16 heavy (non-hydrogen) atoms. The van der Waals surface area contributed by atoms with Crippen molar-refractivity contribution >= 4 is 5.97 Å². The van der Waals surface area contributed by atoms with Crippen LogP contribution in [0, 0.1) is 5.41 Å². The van der Waals surface area contributed by atoms with Crippen molar-refractivity contribution in [3.05, 3.63) is 24.2 Å². The highest BCUT2D eigenvalue weighted by Gasteiger charge is 2.48. The molecule has 1 saturated heterocycles. The second kappa shape index (κ2) is 3.63. The van der Waals surface area contributed by atoms with Gasteiger partial charge in [0.1, 0.15) is 5.76 Å². The molecule has 4 nitrogen and oxygen atoms in total. The van der Waals surface area contributed by atoms with Crippen molar-refractivity contribution in [3.8, 4) is 0 Å². The number of aliphatic carboxylic acids is 1. The molecule has 88 valence electrons. The number of ether oxygens (including phenoxy) is 1. The van der Waals surface area contributed by atoms with Crippen LogP contribution in [0.15, 0.2) is 22.8 Å². The minimum Gasteiger partial charge on any atom is -0.481 e. The van der Waals surface area contributed by atoms with Crippen LogP contribution in [-0.2, 0) is 14.9 Å². The second-order valence-corrected chi connectivity index (χ2v) is 5.12. The van der Waals surface area contributed by atoms with Crippen LogP contribution in [-0.4, -0.2) is 24.3 Å². The smallest absolute Gasteiger partial charge is 0.309 e. The molecule has 0 aliphatic carbocycles. The second-order valence-electron chi connectivity index (χ2n) is 5.12. The van der Waals surface area contributed by atoms with Crippen LogP contribution in [0.5, 0.6) is 0 Å². The Bertz CT molecular complexity index is 374. The van der Waals surface area contributed by atoms with E-state index < -0.39 is 11.4 Å². The molecule has 1 fully saturated rings. The van der Waals surface area contributed by atoms with Gasteiger partial charge in [-0.15, -0.1) is 0 Å². The zero-order chi connectivity index (χ0) is 11.8. The predicted molar refractivity (Wildman–Crippen MR) is 57.2 cm³/mol. The standard InChI is InChI=1S/C12H16O4/c1-11(2,10(13)14)6-12(7-15-8-12)9-4-3-5-16-9/h3-5H,6-8H2,1-2H3,(H,13,14). The molecule has 1 aromatic rings. The molecule has 2 heterocycles. The topological polar surface area (TPSA) is 59.7 Å². The van der Waals surface area contributed by atoms with Crippen molar-refractivity contribution in [1.29, 1.82) is 0 Å². The monoisotopic (exact) mass is 224 g/mol. The Morgan fingerprint density at radius 2 is 2.25 bits per heavy atom. The fraction of sp³-hybridized carbons (Fsp3) is 0.583. The molecule has 2 rings (SSSR count). The molecule has 0 amide bonds. The fourth-order valence-corrected chi connectivity index (χ4v) is 2.18. The van der Waals surface area contributed by atoms with Gasteiger partial charge in [0.05, 0.1) is 30.3 Å². The van der Waals surface area contributed by atoms with Gasteiger partial charge < -0.3 is 14.3 Å². The number of furan rings is 1. The third-order valence-corrected chi connectivity index (χ3v) is 3.16. The van der Waals surface area contributed by atoms with Gasteiger partial charge in [-0.3, -0.25) is 4.79 Å². The lowest BCUT2D eigenvalue weighted by Crippen LogP contribution is -2.50. The summed E-state index contributed by atoms with van der Waals surface area (Å²) in [5.41, 5.74) is -1.03. The minimum atomic E-state index is -0.787. The van der Waals surface area contributed by atoms with Gasteiger partial charge in [0.25, 0.3) is 0 Å². The average molecular weight is 224 g/mol. The van der Waals surface area contributed by atoms with Crippen molar-refractivity contribution in [1.82, 2.24) is 0 Å². The van der Waals surface area contributed by atoms with Gasteiger partial charge in [0, 0.05) is 0 Å². The summed E-state index contributed by atoms with van der Waals surface area (Å²) in [5, 5.41) is 9.15. The summed E-state index contributed by atoms with van der Waals surface area (Å²) in [6.07, 6.45) is 2.14. The fourth-order valence-electron chi connectivity index (χ4n) is 2.18. The van der Waals surface area contributed by atoms with E-state index in [1.165, 1.54) is 0 Å². The first-order valence-electron chi connectivity index (χ1n) is 5.31. The summed E-state index contributed by atoms with van der Waals surface area (Å²) in [4.78, 5) is 11.1. The zero-order valence-electron chi connectivity index (χ0n) is 9.53. The van der Waals surface area contributed by atoms with Gasteiger partial charge in [-0.1, -0.05) is 0 Å². The van der Waals surface area contributed by atoms with Gasteiger partial charge in [0.15, 0.2) is 0 Å². The molecule has 1 N–H and O–H groups in total. The molecule has 0 radical (unpaired) electrons. The maximum absolute atomic E-state index is 11.1. The van der Waals surface area contributed by atoms with E-state index in [9.17, 15) is 4.79 Å². The third-order valence-electron chi connectivity index (χ3n) is 3.16. The number of carboxylic acids is 1. The quantitative estimate of drug-likeness (QED) is 0.850. The highest BCUT2D eigenvalue weighted by Crippen LogP contribution is 2.42. The molecule has 1 aliphatic heterocycles.